The summed E-state index contributed by atoms with van der Waals surface area (Å²) in [6.45, 7) is 5.07. The van der Waals surface area contributed by atoms with E-state index in [1.165, 1.54) is 16.7 Å². The quantitative estimate of drug-likeness (QED) is 0.707. The van der Waals surface area contributed by atoms with Crippen LogP contribution < -0.4 is 5.32 Å². The van der Waals surface area contributed by atoms with Gasteiger partial charge in [-0.2, -0.15) is 5.10 Å². The number of hydrogen-bond acceptors (Lipinski definition) is 4. The molecule has 3 heterocycles. The van der Waals surface area contributed by atoms with Crippen LogP contribution >= 0.6 is 0 Å². The van der Waals surface area contributed by atoms with Crippen LogP contribution in [-0.2, 0) is 11.3 Å². The molecule has 0 radical (unpaired) electrons. The SMILES string of the molecule is Cc1ccc(C)c([C@H]2CCCN2C(=O)Cn2cc(NC(=O)c3ccccn3)cn2)c1. The minimum atomic E-state index is -0.309. The minimum Gasteiger partial charge on any atom is -0.334 e. The van der Waals surface area contributed by atoms with Gasteiger partial charge in [-0.05, 0) is 49.9 Å². The lowest BCUT2D eigenvalue weighted by Gasteiger charge is -2.26. The van der Waals surface area contributed by atoms with Crippen LogP contribution in [0.4, 0.5) is 5.69 Å². The summed E-state index contributed by atoms with van der Waals surface area (Å²) < 4.78 is 1.56. The van der Waals surface area contributed by atoms with E-state index < -0.39 is 0 Å². The highest BCUT2D eigenvalue weighted by Crippen LogP contribution is 2.34. The van der Waals surface area contributed by atoms with Crippen molar-refractivity contribution >= 4 is 17.5 Å². The Bertz CT molecular complexity index is 1060. The van der Waals surface area contributed by atoms with Crippen molar-refractivity contribution in [2.45, 2.75) is 39.3 Å². The number of likely N-dealkylation sites (tertiary alicyclic amines) is 1. The van der Waals surface area contributed by atoms with Crippen molar-refractivity contribution in [2.75, 3.05) is 11.9 Å². The monoisotopic (exact) mass is 403 g/mol. The van der Waals surface area contributed by atoms with Gasteiger partial charge in [0.25, 0.3) is 5.91 Å². The Morgan fingerprint density at radius 2 is 2.07 bits per heavy atom. The molecule has 0 saturated carbocycles. The van der Waals surface area contributed by atoms with Crippen LogP contribution in [0, 0.1) is 13.8 Å². The summed E-state index contributed by atoms with van der Waals surface area (Å²) in [5.41, 5.74) is 4.50. The Balaban J connectivity index is 1.43. The topological polar surface area (TPSA) is 80.1 Å². The first-order valence-electron chi connectivity index (χ1n) is 10.1. The van der Waals surface area contributed by atoms with E-state index in [-0.39, 0.29) is 24.4 Å². The lowest BCUT2D eigenvalue weighted by Crippen LogP contribution is -2.33. The average molecular weight is 403 g/mol. The molecule has 7 heteroatoms. The minimum absolute atomic E-state index is 0.0316. The van der Waals surface area contributed by atoms with Crippen LogP contribution in [0.1, 0.15) is 46.1 Å². The normalized spacial score (nSPS) is 15.9. The molecular formula is C23H25N5O2. The van der Waals surface area contributed by atoms with Gasteiger partial charge in [0, 0.05) is 18.9 Å². The zero-order valence-corrected chi connectivity index (χ0v) is 17.2. The molecular weight excluding hydrogens is 378 g/mol. The molecule has 1 N–H and O–H groups in total. The number of hydrogen-bond donors (Lipinski definition) is 1. The molecule has 2 amide bonds. The third-order valence-electron chi connectivity index (χ3n) is 5.45. The first-order valence-corrected chi connectivity index (χ1v) is 10.1. The van der Waals surface area contributed by atoms with Crippen molar-refractivity contribution in [1.82, 2.24) is 19.7 Å². The highest BCUT2D eigenvalue weighted by molar-refractivity contribution is 6.02. The molecule has 3 aromatic rings. The number of benzene rings is 1. The summed E-state index contributed by atoms with van der Waals surface area (Å²) in [5, 5.41) is 7.00. The third kappa shape index (κ3) is 4.25. The number of anilines is 1. The van der Waals surface area contributed by atoms with E-state index in [9.17, 15) is 9.59 Å². The highest BCUT2D eigenvalue weighted by atomic mass is 16.2. The second-order valence-corrected chi connectivity index (χ2v) is 7.70. The Morgan fingerprint density at radius 3 is 2.87 bits per heavy atom. The molecule has 30 heavy (non-hydrogen) atoms. The van der Waals surface area contributed by atoms with Crippen LogP contribution in [0.15, 0.2) is 55.0 Å². The fourth-order valence-electron chi connectivity index (χ4n) is 3.94. The van der Waals surface area contributed by atoms with E-state index in [0.717, 1.165) is 19.4 Å². The smallest absolute Gasteiger partial charge is 0.274 e. The van der Waals surface area contributed by atoms with Gasteiger partial charge >= 0.3 is 0 Å². The molecule has 0 unspecified atom stereocenters. The molecule has 1 saturated heterocycles. The molecule has 1 aliphatic heterocycles. The molecule has 0 spiro atoms. The van der Waals surface area contributed by atoms with Crippen LogP contribution in [0.2, 0.25) is 0 Å². The number of nitrogens with zero attached hydrogens (tertiary/aromatic N) is 4. The van der Waals surface area contributed by atoms with Crippen molar-refractivity contribution in [2.24, 2.45) is 0 Å². The second kappa shape index (κ2) is 8.49. The predicted octanol–water partition coefficient (Wildman–Crippen LogP) is 3.51. The summed E-state index contributed by atoms with van der Waals surface area (Å²) >= 11 is 0. The van der Waals surface area contributed by atoms with Crippen molar-refractivity contribution in [3.8, 4) is 0 Å². The van der Waals surface area contributed by atoms with Gasteiger partial charge in [-0.25, -0.2) is 0 Å². The summed E-state index contributed by atoms with van der Waals surface area (Å²) in [5.74, 6) is -0.278. The van der Waals surface area contributed by atoms with E-state index in [2.05, 4.69) is 47.4 Å². The number of aromatic nitrogens is 3. The number of rotatable bonds is 5. The Morgan fingerprint density at radius 1 is 1.20 bits per heavy atom. The number of amides is 2. The molecule has 1 fully saturated rings. The molecule has 1 aliphatic rings. The van der Waals surface area contributed by atoms with Crippen LogP contribution in [0.25, 0.3) is 0 Å². The average Bonchev–Trinajstić information content (AvgIpc) is 3.40. The van der Waals surface area contributed by atoms with Crippen molar-refractivity contribution in [3.05, 3.63) is 77.4 Å². The number of aryl methyl sites for hydroxylation is 2. The summed E-state index contributed by atoms with van der Waals surface area (Å²) in [6, 6.07) is 11.7. The summed E-state index contributed by atoms with van der Waals surface area (Å²) in [6.07, 6.45) is 6.75. The lowest BCUT2D eigenvalue weighted by molar-refractivity contribution is -0.133. The predicted molar refractivity (Wildman–Crippen MR) is 114 cm³/mol. The van der Waals surface area contributed by atoms with Gasteiger partial charge in [0.15, 0.2) is 0 Å². The zero-order valence-electron chi connectivity index (χ0n) is 17.2. The largest absolute Gasteiger partial charge is 0.334 e. The second-order valence-electron chi connectivity index (χ2n) is 7.70. The Kier molecular flexibility index (Phi) is 5.61. The first kappa shape index (κ1) is 19.8. The maximum Gasteiger partial charge on any atom is 0.274 e. The Hall–Kier alpha value is -3.48. The van der Waals surface area contributed by atoms with Gasteiger partial charge in [-0.1, -0.05) is 29.8 Å². The fraction of sp³-hybridized carbons (Fsp3) is 0.304. The van der Waals surface area contributed by atoms with Crippen LogP contribution in [-0.4, -0.2) is 38.0 Å². The standard InChI is InChI=1S/C23H25N5O2/c1-16-8-9-17(2)19(12-16)21-7-5-11-28(21)22(29)15-27-14-18(13-25-27)26-23(30)20-6-3-4-10-24-20/h3-4,6,8-10,12-14,21H,5,7,11,15H2,1-2H3,(H,26,30)/t21-/m1/s1. The zero-order chi connectivity index (χ0) is 21.1. The molecule has 1 atom stereocenters. The number of carbonyl (C=O) groups excluding carboxylic acids is 2. The maximum absolute atomic E-state index is 13.0. The number of carbonyl (C=O) groups is 2. The highest BCUT2D eigenvalue weighted by Gasteiger charge is 2.31. The maximum atomic E-state index is 13.0. The molecule has 0 bridgehead atoms. The first-order chi connectivity index (χ1) is 14.5. The molecule has 154 valence electrons. The van der Waals surface area contributed by atoms with Gasteiger partial charge in [-0.15, -0.1) is 0 Å². The number of pyridine rings is 1. The van der Waals surface area contributed by atoms with Crippen molar-refractivity contribution < 1.29 is 9.59 Å². The van der Waals surface area contributed by atoms with Crippen LogP contribution in [0.5, 0.6) is 0 Å². The van der Waals surface area contributed by atoms with Gasteiger partial charge in [0.2, 0.25) is 5.91 Å². The van der Waals surface area contributed by atoms with E-state index in [0.29, 0.717) is 11.4 Å². The lowest BCUT2D eigenvalue weighted by atomic mass is 9.97. The summed E-state index contributed by atoms with van der Waals surface area (Å²) in [4.78, 5) is 31.2. The molecule has 0 aliphatic carbocycles. The van der Waals surface area contributed by atoms with Gasteiger partial charge in [0.1, 0.15) is 12.2 Å². The summed E-state index contributed by atoms with van der Waals surface area (Å²) in [7, 11) is 0. The van der Waals surface area contributed by atoms with E-state index in [1.54, 1.807) is 41.5 Å². The van der Waals surface area contributed by atoms with E-state index >= 15 is 0 Å². The fourth-order valence-corrected chi connectivity index (χ4v) is 3.94. The molecule has 7 nitrogen and oxygen atoms in total. The van der Waals surface area contributed by atoms with Crippen molar-refractivity contribution in [3.63, 3.8) is 0 Å². The third-order valence-corrected chi connectivity index (χ3v) is 5.45. The van der Waals surface area contributed by atoms with E-state index in [1.807, 2.05) is 4.90 Å². The Labute approximate surface area is 175 Å². The van der Waals surface area contributed by atoms with E-state index in [4.69, 9.17) is 0 Å². The van der Waals surface area contributed by atoms with Gasteiger partial charge in [0.05, 0.1) is 17.9 Å². The molecule has 4 rings (SSSR count). The molecule has 1 aromatic carbocycles. The van der Waals surface area contributed by atoms with Gasteiger partial charge < -0.3 is 10.2 Å². The molecule has 2 aromatic heterocycles. The van der Waals surface area contributed by atoms with Crippen molar-refractivity contribution in [1.29, 1.82) is 0 Å². The van der Waals surface area contributed by atoms with Crippen LogP contribution in [0.3, 0.4) is 0 Å². The number of nitrogens with one attached hydrogen (secondary N) is 1. The van der Waals surface area contributed by atoms with Gasteiger partial charge in [-0.3, -0.25) is 19.3 Å².